The van der Waals surface area contributed by atoms with Crippen molar-refractivity contribution < 1.29 is 24.2 Å². The number of carbonyl (C=O) groups excluding carboxylic acids is 3. The van der Waals surface area contributed by atoms with Crippen LogP contribution in [-0.2, 0) is 19.1 Å². The Hall–Kier alpha value is -2.87. The lowest BCUT2D eigenvalue weighted by Gasteiger charge is -2.33. The summed E-state index contributed by atoms with van der Waals surface area (Å²) in [5, 5.41) is 13.0. The number of rotatable bonds is 10. The van der Waals surface area contributed by atoms with E-state index >= 15 is 0 Å². The van der Waals surface area contributed by atoms with Crippen LogP contribution in [0.2, 0.25) is 0 Å². The molecule has 0 aromatic heterocycles. The van der Waals surface area contributed by atoms with E-state index in [0.29, 0.717) is 12.1 Å². The summed E-state index contributed by atoms with van der Waals surface area (Å²) in [6.07, 6.45) is 4.28. The first-order valence-electron chi connectivity index (χ1n) is 12.8. The molecule has 2 amide bonds. The van der Waals surface area contributed by atoms with E-state index in [1.807, 2.05) is 50.3 Å². The average Bonchev–Trinajstić information content (AvgIpc) is 3.14. The van der Waals surface area contributed by atoms with Crippen molar-refractivity contribution in [1.82, 2.24) is 4.90 Å². The van der Waals surface area contributed by atoms with Gasteiger partial charge in [0.15, 0.2) is 0 Å². The number of fused-ring (bicyclic) bond motifs is 1. The van der Waals surface area contributed by atoms with Crippen molar-refractivity contribution in [2.75, 3.05) is 36.5 Å². The van der Waals surface area contributed by atoms with Gasteiger partial charge in [-0.3, -0.25) is 14.4 Å². The third kappa shape index (κ3) is 5.22. The molecule has 1 aliphatic heterocycles. The summed E-state index contributed by atoms with van der Waals surface area (Å²) in [5.74, 6) is -3.05. The Morgan fingerprint density at radius 2 is 1.77 bits per heavy atom. The summed E-state index contributed by atoms with van der Waals surface area (Å²) in [4.78, 5) is 43.9. The van der Waals surface area contributed by atoms with Gasteiger partial charge in [0, 0.05) is 30.4 Å². The number of nitrogens with one attached hydrogen (secondary N) is 1. The van der Waals surface area contributed by atoms with E-state index in [2.05, 4.69) is 24.1 Å². The number of carbonyl (C=O) groups is 3. The number of esters is 1. The number of ether oxygens (including phenoxy) is 1. The summed E-state index contributed by atoms with van der Waals surface area (Å²) in [6, 6.07) is 6.30. The normalized spacial score (nSPS) is 26.3. The van der Waals surface area contributed by atoms with Crippen LogP contribution in [-0.4, -0.2) is 66.2 Å². The van der Waals surface area contributed by atoms with E-state index < -0.39 is 35.8 Å². The van der Waals surface area contributed by atoms with E-state index in [1.165, 1.54) is 4.90 Å². The van der Waals surface area contributed by atoms with Crippen molar-refractivity contribution in [3.8, 4) is 0 Å². The molecule has 8 heteroatoms. The number of allylic oxidation sites excluding steroid dienone is 1. The summed E-state index contributed by atoms with van der Waals surface area (Å²) in [5.41, 5.74) is 1.70. The largest absolute Gasteiger partial charge is 0.466 e. The van der Waals surface area contributed by atoms with Crippen LogP contribution in [0.25, 0.3) is 0 Å². The number of benzene rings is 1. The van der Waals surface area contributed by atoms with Crippen LogP contribution in [0.15, 0.2) is 36.4 Å². The number of aliphatic hydroxyl groups is 1. The number of hydrogen-bond donors (Lipinski definition) is 2. The van der Waals surface area contributed by atoms with E-state index in [9.17, 15) is 19.5 Å². The topological polar surface area (TPSA) is 99.2 Å². The van der Waals surface area contributed by atoms with Gasteiger partial charge in [0.1, 0.15) is 6.04 Å². The average molecular weight is 486 g/mol. The van der Waals surface area contributed by atoms with Crippen LogP contribution in [0.3, 0.4) is 0 Å². The maximum Gasteiger partial charge on any atom is 0.310 e. The van der Waals surface area contributed by atoms with Crippen LogP contribution < -0.4 is 10.2 Å². The lowest BCUT2D eigenvalue weighted by molar-refractivity contribution is -0.155. The first-order valence-corrected chi connectivity index (χ1v) is 12.8. The number of nitrogens with zero attached hydrogens (tertiary/aromatic N) is 2. The van der Waals surface area contributed by atoms with Gasteiger partial charge in [-0.05, 0) is 57.4 Å². The molecule has 2 N–H and O–H groups in total. The third-order valence-corrected chi connectivity index (χ3v) is 7.38. The number of aliphatic hydroxyl groups excluding tert-OH is 1. The van der Waals surface area contributed by atoms with Gasteiger partial charge in [-0.25, -0.2) is 0 Å². The molecule has 1 heterocycles. The Morgan fingerprint density at radius 1 is 1.11 bits per heavy atom. The highest BCUT2D eigenvalue weighted by atomic mass is 16.5. The molecular weight excluding hydrogens is 446 g/mol. The maximum atomic E-state index is 13.7. The van der Waals surface area contributed by atoms with Crippen LogP contribution in [0.5, 0.6) is 0 Å². The number of likely N-dealkylation sites (tertiary alicyclic amines) is 1. The number of hydrogen-bond acceptors (Lipinski definition) is 6. The van der Waals surface area contributed by atoms with Crippen molar-refractivity contribution in [2.45, 2.75) is 53.1 Å². The lowest BCUT2D eigenvalue weighted by Crippen LogP contribution is -2.50. The SMILES string of the molecule is CCOC(=O)[C@H]1[C@H]2C(=O)N([C@@H](CC)CO)[C@H](C(=O)Nc3ccc(N(CC)CC)cc3)[C@H]2C=C[C@H]1C. The highest BCUT2D eigenvalue weighted by Crippen LogP contribution is 2.45. The highest BCUT2D eigenvalue weighted by Gasteiger charge is 2.58. The zero-order chi connectivity index (χ0) is 25.7. The molecule has 1 aromatic carbocycles. The van der Waals surface area contributed by atoms with Crippen molar-refractivity contribution >= 4 is 29.2 Å². The standard InChI is InChI=1S/C27H39N3O5/c1-6-19(16-31)30-24(25(32)28-18-11-13-20(14-12-18)29(7-2)8-3)21-15-10-17(5)22(23(21)26(30)33)27(34)35-9-4/h10-15,17,19,21-24,31H,6-9,16H2,1-5H3,(H,28,32)/t17-,19+,21+,22-,23+,24+/m1/s1. The molecule has 6 atom stereocenters. The molecular formula is C27H39N3O5. The molecule has 192 valence electrons. The molecule has 3 rings (SSSR count). The first kappa shape index (κ1) is 26.7. The van der Waals surface area contributed by atoms with Gasteiger partial charge in [-0.1, -0.05) is 26.0 Å². The van der Waals surface area contributed by atoms with E-state index in [0.717, 1.165) is 18.8 Å². The molecule has 0 saturated carbocycles. The van der Waals surface area contributed by atoms with Crippen molar-refractivity contribution in [1.29, 1.82) is 0 Å². The van der Waals surface area contributed by atoms with Crippen LogP contribution >= 0.6 is 0 Å². The van der Waals surface area contributed by atoms with Gasteiger partial charge in [-0.2, -0.15) is 0 Å². The second kappa shape index (κ2) is 11.7. The molecule has 0 radical (unpaired) electrons. The van der Waals surface area contributed by atoms with Gasteiger partial charge in [0.05, 0.1) is 31.1 Å². The van der Waals surface area contributed by atoms with Crippen LogP contribution in [0.1, 0.15) is 41.0 Å². The Labute approximate surface area is 208 Å². The fourth-order valence-corrected chi connectivity index (χ4v) is 5.51. The molecule has 1 fully saturated rings. The van der Waals surface area contributed by atoms with Gasteiger partial charge < -0.3 is 25.0 Å². The van der Waals surface area contributed by atoms with E-state index in [-0.39, 0.29) is 30.9 Å². The fourth-order valence-electron chi connectivity index (χ4n) is 5.51. The third-order valence-electron chi connectivity index (χ3n) is 7.38. The van der Waals surface area contributed by atoms with Crippen LogP contribution in [0, 0.1) is 23.7 Å². The second-order valence-corrected chi connectivity index (χ2v) is 9.27. The predicted octanol–water partition coefficient (Wildman–Crippen LogP) is 3.07. The highest BCUT2D eigenvalue weighted by molar-refractivity contribution is 6.01. The van der Waals surface area contributed by atoms with Gasteiger partial charge in [0.2, 0.25) is 11.8 Å². The molecule has 1 aliphatic carbocycles. The molecule has 1 saturated heterocycles. The zero-order valence-electron chi connectivity index (χ0n) is 21.4. The summed E-state index contributed by atoms with van der Waals surface area (Å²) in [6.45, 7) is 11.4. The molecule has 35 heavy (non-hydrogen) atoms. The summed E-state index contributed by atoms with van der Waals surface area (Å²) >= 11 is 0. The molecule has 0 bridgehead atoms. The minimum atomic E-state index is -0.826. The summed E-state index contributed by atoms with van der Waals surface area (Å²) < 4.78 is 5.30. The lowest BCUT2D eigenvalue weighted by atomic mass is 9.70. The van der Waals surface area contributed by atoms with Crippen molar-refractivity contribution in [3.05, 3.63) is 36.4 Å². The first-order chi connectivity index (χ1) is 16.8. The fraction of sp³-hybridized carbons (Fsp3) is 0.593. The van der Waals surface area contributed by atoms with Gasteiger partial charge in [0.25, 0.3) is 0 Å². The maximum absolute atomic E-state index is 13.7. The van der Waals surface area contributed by atoms with Crippen LogP contribution in [0.4, 0.5) is 11.4 Å². The molecule has 2 aliphatic rings. The molecule has 0 spiro atoms. The predicted molar refractivity (Wildman–Crippen MR) is 136 cm³/mol. The second-order valence-electron chi connectivity index (χ2n) is 9.27. The van der Waals surface area contributed by atoms with Gasteiger partial charge in [-0.15, -0.1) is 0 Å². The Kier molecular flexibility index (Phi) is 8.94. The summed E-state index contributed by atoms with van der Waals surface area (Å²) in [7, 11) is 0. The van der Waals surface area contributed by atoms with E-state index in [1.54, 1.807) is 6.92 Å². The zero-order valence-corrected chi connectivity index (χ0v) is 21.4. The number of anilines is 2. The minimum Gasteiger partial charge on any atom is -0.466 e. The Balaban J connectivity index is 1.93. The van der Waals surface area contributed by atoms with Crippen molar-refractivity contribution in [3.63, 3.8) is 0 Å². The molecule has 0 unspecified atom stereocenters. The monoisotopic (exact) mass is 485 g/mol. The Bertz CT molecular complexity index is 923. The molecule has 1 aromatic rings. The Morgan fingerprint density at radius 3 is 2.31 bits per heavy atom. The van der Waals surface area contributed by atoms with Crippen molar-refractivity contribution in [2.24, 2.45) is 23.7 Å². The molecule has 8 nitrogen and oxygen atoms in total. The van der Waals surface area contributed by atoms with Gasteiger partial charge >= 0.3 is 5.97 Å². The minimum absolute atomic E-state index is 0.190. The number of amides is 2. The smallest absolute Gasteiger partial charge is 0.310 e. The quantitative estimate of drug-likeness (QED) is 0.390. The van der Waals surface area contributed by atoms with E-state index in [4.69, 9.17) is 4.74 Å².